The van der Waals surface area contributed by atoms with Crippen molar-refractivity contribution in [2.45, 2.75) is 13.5 Å². The van der Waals surface area contributed by atoms with Gasteiger partial charge in [0.25, 0.3) is 5.91 Å². The number of nitrogens with one attached hydrogen (secondary N) is 1. The SMILES string of the molecule is Cc1ccc(C(=O)N/N=C/c2ccc(OCc3ccccc3Cl)cc2)c(Cl)c1. The minimum atomic E-state index is -0.360. The Morgan fingerprint density at radius 1 is 1.04 bits per heavy atom. The van der Waals surface area contributed by atoms with Crippen molar-refractivity contribution in [2.75, 3.05) is 0 Å². The van der Waals surface area contributed by atoms with E-state index in [-0.39, 0.29) is 5.91 Å². The van der Waals surface area contributed by atoms with E-state index in [1.54, 1.807) is 18.3 Å². The van der Waals surface area contributed by atoms with E-state index < -0.39 is 0 Å². The number of aryl methyl sites for hydroxylation is 1. The van der Waals surface area contributed by atoms with Crippen molar-refractivity contribution in [1.29, 1.82) is 0 Å². The number of hydrogen-bond donors (Lipinski definition) is 1. The molecular weight excluding hydrogens is 395 g/mol. The molecular formula is C22H18Cl2N2O2. The van der Waals surface area contributed by atoms with E-state index in [2.05, 4.69) is 10.5 Å². The molecule has 0 radical (unpaired) electrons. The van der Waals surface area contributed by atoms with E-state index >= 15 is 0 Å². The van der Waals surface area contributed by atoms with Gasteiger partial charge >= 0.3 is 0 Å². The molecule has 0 spiro atoms. The zero-order chi connectivity index (χ0) is 19.9. The largest absolute Gasteiger partial charge is 0.489 e. The maximum atomic E-state index is 12.1. The van der Waals surface area contributed by atoms with Gasteiger partial charge in [0.05, 0.1) is 16.8 Å². The van der Waals surface area contributed by atoms with Crippen molar-refractivity contribution in [1.82, 2.24) is 5.43 Å². The first-order chi connectivity index (χ1) is 13.5. The zero-order valence-electron chi connectivity index (χ0n) is 15.2. The Hall–Kier alpha value is -2.82. The number of hydrogen-bond acceptors (Lipinski definition) is 3. The molecule has 0 fully saturated rings. The number of carbonyl (C=O) groups excluding carboxylic acids is 1. The van der Waals surface area contributed by atoms with Gasteiger partial charge in [-0.2, -0.15) is 5.10 Å². The second-order valence-electron chi connectivity index (χ2n) is 6.13. The van der Waals surface area contributed by atoms with Gasteiger partial charge in [-0.1, -0.05) is 47.5 Å². The van der Waals surface area contributed by atoms with E-state index in [1.807, 2.05) is 61.5 Å². The number of halogens is 2. The van der Waals surface area contributed by atoms with Crippen LogP contribution in [0.15, 0.2) is 71.8 Å². The Morgan fingerprint density at radius 3 is 2.50 bits per heavy atom. The molecule has 1 amide bonds. The van der Waals surface area contributed by atoms with Gasteiger partial charge in [-0.25, -0.2) is 5.43 Å². The van der Waals surface area contributed by atoms with Crippen LogP contribution in [0.4, 0.5) is 0 Å². The summed E-state index contributed by atoms with van der Waals surface area (Å²) < 4.78 is 5.74. The summed E-state index contributed by atoms with van der Waals surface area (Å²) in [7, 11) is 0. The fourth-order valence-corrected chi connectivity index (χ4v) is 2.97. The molecule has 6 heteroatoms. The van der Waals surface area contributed by atoms with Gasteiger partial charge in [-0.3, -0.25) is 4.79 Å². The first-order valence-corrected chi connectivity index (χ1v) is 9.34. The fourth-order valence-electron chi connectivity index (χ4n) is 2.46. The van der Waals surface area contributed by atoms with Crippen LogP contribution in [-0.4, -0.2) is 12.1 Å². The monoisotopic (exact) mass is 412 g/mol. The molecule has 0 bridgehead atoms. The molecule has 3 rings (SSSR count). The number of carbonyl (C=O) groups is 1. The lowest BCUT2D eigenvalue weighted by Crippen LogP contribution is -2.18. The summed E-state index contributed by atoms with van der Waals surface area (Å²) in [6, 6.07) is 20.1. The number of hydrazone groups is 1. The van der Waals surface area contributed by atoms with Gasteiger partial charge in [0.15, 0.2) is 0 Å². The minimum absolute atomic E-state index is 0.360. The lowest BCUT2D eigenvalue weighted by atomic mass is 10.1. The average molecular weight is 413 g/mol. The van der Waals surface area contributed by atoms with Crippen LogP contribution in [0.3, 0.4) is 0 Å². The molecule has 1 N–H and O–H groups in total. The molecule has 0 saturated heterocycles. The molecule has 142 valence electrons. The average Bonchev–Trinajstić information content (AvgIpc) is 2.68. The third-order valence-electron chi connectivity index (χ3n) is 3.98. The Kier molecular flexibility index (Phi) is 6.69. The standard InChI is InChI=1S/C22H18Cl2N2O2/c1-15-6-11-19(21(24)12-15)22(27)26-25-13-16-7-9-18(10-8-16)28-14-17-4-2-3-5-20(17)23/h2-13H,14H2,1H3,(H,26,27)/b25-13+. The fraction of sp³-hybridized carbons (Fsp3) is 0.0909. The first kappa shape index (κ1) is 19.9. The molecule has 28 heavy (non-hydrogen) atoms. The molecule has 3 aromatic carbocycles. The summed E-state index contributed by atoms with van der Waals surface area (Å²) >= 11 is 12.2. The normalized spacial score (nSPS) is 10.8. The lowest BCUT2D eigenvalue weighted by molar-refractivity contribution is 0.0955. The van der Waals surface area contributed by atoms with Crippen LogP contribution in [0, 0.1) is 6.92 Å². The Bertz CT molecular complexity index is 1000. The Balaban J connectivity index is 1.55. The molecule has 0 aliphatic rings. The van der Waals surface area contributed by atoms with Crippen LogP contribution in [0.2, 0.25) is 10.0 Å². The predicted molar refractivity (Wildman–Crippen MR) is 113 cm³/mol. The van der Waals surface area contributed by atoms with Crippen molar-refractivity contribution in [2.24, 2.45) is 5.10 Å². The van der Waals surface area contributed by atoms with Gasteiger partial charge in [0, 0.05) is 10.6 Å². The molecule has 0 aliphatic carbocycles. The van der Waals surface area contributed by atoms with E-state index in [4.69, 9.17) is 27.9 Å². The van der Waals surface area contributed by atoms with Crippen molar-refractivity contribution < 1.29 is 9.53 Å². The lowest BCUT2D eigenvalue weighted by Gasteiger charge is -2.07. The van der Waals surface area contributed by atoms with Gasteiger partial charge < -0.3 is 4.74 Å². The highest BCUT2D eigenvalue weighted by Crippen LogP contribution is 2.19. The number of ether oxygens (including phenoxy) is 1. The highest BCUT2D eigenvalue weighted by atomic mass is 35.5. The maximum absolute atomic E-state index is 12.1. The van der Waals surface area contributed by atoms with Gasteiger partial charge in [0.1, 0.15) is 12.4 Å². The number of benzene rings is 3. The number of amides is 1. The van der Waals surface area contributed by atoms with E-state index in [1.165, 1.54) is 0 Å². The zero-order valence-corrected chi connectivity index (χ0v) is 16.7. The van der Waals surface area contributed by atoms with Crippen molar-refractivity contribution in [3.05, 3.63) is 99.0 Å². The molecule has 4 nitrogen and oxygen atoms in total. The Morgan fingerprint density at radius 2 is 1.79 bits per heavy atom. The minimum Gasteiger partial charge on any atom is -0.489 e. The summed E-state index contributed by atoms with van der Waals surface area (Å²) in [4.78, 5) is 12.1. The second kappa shape index (κ2) is 9.40. The molecule has 0 unspecified atom stereocenters. The molecule has 0 atom stereocenters. The summed E-state index contributed by atoms with van der Waals surface area (Å²) in [6.07, 6.45) is 1.55. The third kappa shape index (κ3) is 5.35. The number of nitrogens with zero attached hydrogens (tertiary/aromatic N) is 1. The maximum Gasteiger partial charge on any atom is 0.272 e. The van der Waals surface area contributed by atoms with Crippen LogP contribution in [0.5, 0.6) is 5.75 Å². The second-order valence-corrected chi connectivity index (χ2v) is 6.95. The van der Waals surface area contributed by atoms with Crippen LogP contribution >= 0.6 is 23.2 Å². The summed E-state index contributed by atoms with van der Waals surface area (Å²) in [5.41, 5.74) is 5.59. The summed E-state index contributed by atoms with van der Waals surface area (Å²) in [5, 5.41) is 5.05. The third-order valence-corrected chi connectivity index (χ3v) is 4.66. The molecule has 0 heterocycles. The Labute approximate surface area is 173 Å². The van der Waals surface area contributed by atoms with Crippen molar-refractivity contribution in [3.8, 4) is 5.75 Å². The molecule has 0 aliphatic heterocycles. The molecule has 0 saturated carbocycles. The highest BCUT2D eigenvalue weighted by molar-refractivity contribution is 6.34. The predicted octanol–water partition coefficient (Wildman–Crippen LogP) is 5.64. The van der Waals surface area contributed by atoms with E-state index in [9.17, 15) is 4.79 Å². The van der Waals surface area contributed by atoms with Crippen LogP contribution in [0.1, 0.15) is 27.0 Å². The van der Waals surface area contributed by atoms with Gasteiger partial charge in [-0.05, 0) is 60.5 Å². The van der Waals surface area contributed by atoms with Crippen molar-refractivity contribution >= 4 is 35.3 Å². The topological polar surface area (TPSA) is 50.7 Å². The quantitative estimate of drug-likeness (QED) is 0.420. The first-order valence-electron chi connectivity index (χ1n) is 8.59. The van der Waals surface area contributed by atoms with Gasteiger partial charge in [0.2, 0.25) is 0 Å². The van der Waals surface area contributed by atoms with Gasteiger partial charge in [-0.15, -0.1) is 0 Å². The summed E-state index contributed by atoms with van der Waals surface area (Å²) in [6.45, 7) is 2.30. The van der Waals surface area contributed by atoms with Crippen molar-refractivity contribution in [3.63, 3.8) is 0 Å². The van der Waals surface area contributed by atoms with Crippen LogP contribution in [0.25, 0.3) is 0 Å². The van der Waals surface area contributed by atoms with E-state index in [0.717, 1.165) is 16.7 Å². The smallest absolute Gasteiger partial charge is 0.272 e. The van der Waals surface area contributed by atoms with E-state index in [0.29, 0.717) is 28.0 Å². The number of rotatable bonds is 6. The van der Waals surface area contributed by atoms with Crippen LogP contribution < -0.4 is 10.2 Å². The van der Waals surface area contributed by atoms with Crippen LogP contribution in [-0.2, 0) is 6.61 Å². The summed E-state index contributed by atoms with van der Waals surface area (Å²) in [5.74, 6) is 0.355. The highest BCUT2D eigenvalue weighted by Gasteiger charge is 2.09. The molecule has 0 aromatic heterocycles. The molecule has 3 aromatic rings.